The van der Waals surface area contributed by atoms with Gasteiger partial charge in [0.1, 0.15) is 5.69 Å². The number of halogens is 1. The molecule has 10 heavy (non-hydrogen) atoms. The summed E-state index contributed by atoms with van der Waals surface area (Å²) in [5.41, 5.74) is 0.145. The molecule has 0 amide bonds. The lowest BCUT2D eigenvalue weighted by atomic mass is 10.5. The van der Waals surface area contributed by atoms with Crippen LogP contribution in [-0.2, 0) is 0 Å². The van der Waals surface area contributed by atoms with Crippen molar-refractivity contribution in [1.29, 1.82) is 0 Å². The third-order valence-corrected chi connectivity index (χ3v) is 1.24. The highest BCUT2D eigenvalue weighted by Crippen LogP contribution is 2.04. The molecule has 0 spiro atoms. The van der Waals surface area contributed by atoms with E-state index >= 15 is 0 Å². The number of rotatable bonds is 1. The van der Waals surface area contributed by atoms with Crippen molar-refractivity contribution < 1.29 is 0 Å². The summed E-state index contributed by atoms with van der Waals surface area (Å²) in [6, 6.07) is 1.46. The van der Waals surface area contributed by atoms with Gasteiger partial charge >= 0.3 is 0 Å². The van der Waals surface area contributed by atoms with E-state index in [2.05, 4.69) is 15.5 Å². The van der Waals surface area contributed by atoms with E-state index < -0.39 is 0 Å². The van der Waals surface area contributed by atoms with Crippen molar-refractivity contribution in [3.05, 3.63) is 21.6 Å². The van der Waals surface area contributed by atoms with Crippen LogP contribution in [-0.4, -0.2) is 17.2 Å². The molecule has 2 N–H and O–H groups in total. The Morgan fingerprint density at radius 3 is 3.00 bits per heavy atom. The zero-order chi connectivity index (χ0) is 7.56. The third kappa shape index (κ3) is 1.27. The average Bonchev–Trinajstić information content (AvgIpc) is 1.94. The summed E-state index contributed by atoms with van der Waals surface area (Å²) in [6.45, 7) is 0. The molecule has 1 heterocycles. The van der Waals surface area contributed by atoms with Crippen LogP contribution in [0.25, 0.3) is 0 Å². The maximum Gasteiger partial charge on any atom is 0.287 e. The van der Waals surface area contributed by atoms with E-state index in [0.29, 0.717) is 5.69 Å². The molecule has 1 aromatic heterocycles. The maximum absolute atomic E-state index is 10.8. The van der Waals surface area contributed by atoms with Crippen molar-refractivity contribution in [1.82, 2.24) is 10.2 Å². The predicted molar refractivity (Wildman–Crippen MR) is 39.4 cm³/mol. The lowest BCUT2D eigenvalue weighted by Crippen LogP contribution is -2.12. The molecule has 0 aliphatic rings. The average molecular weight is 160 g/mol. The van der Waals surface area contributed by atoms with Gasteiger partial charge < -0.3 is 5.32 Å². The van der Waals surface area contributed by atoms with E-state index in [1.54, 1.807) is 7.05 Å². The first-order valence-electron chi connectivity index (χ1n) is 2.67. The van der Waals surface area contributed by atoms with Crippen LogP contribution in [0.15, 0.2) is 10.9 Å². The molecule has 0 saturated heterocycles. The smallest absolute Gasteiger partial charge is 0.287 e. The summed E-state index contributed by atoms with van der Waals surface area (Å²) in [5, 5.41) is 8.63. The summed E-state index contributed by atoms with van der Waals surface area (Å²) in [6.07, 6.45) is 0. The van der Waals surface area contributed by atoms with E-state index in [1.165, 1.54) is 6.07 Å². The number of H-pyrrole nitrogens is 1. The fraction of sp³-hybridized carbons (Fsp3) is 0.200. The van der Waals surface area contributed by atoms with Gasteiger partial charge in [-0.1, -0.05) is 11.6 Å². The molecule has 0 aliphatic carbocycles. The van der Waals surface area contributed by atoms with Crippen molar-refractivity contribution >= 4 is 17.3 Å². The summed E-state index contributed by atoms with van der Waals surface area (Å²) in [5.74, 6) is 0. The molecule has 0 saturated carbocycles. The molecule has 1 rings (SSSR count). The van der Waals surface area contributed by atoms with Crippen LogP contribution in [0.5, 0.6) is 0 Å². The normalized spacial score (nSPS) is 9.40. The minimum absolute atomic E-state index is 0.268. The van der Waals surface area contributed by atoms with Crippen molar-refractivity contribution in [2.45, 2.75) is 0 Å². The molecule has 1 aromatic rings. The van der Waals surface area contributed by atoms with Gasteiger partial charge in [0.05, 0.1) is 0 Å². The molecule has 0 atom stereocenters. The summed E-state index contributed by atoms with van der Waals surface area (Å²) >= 11 is 5.47. The third-order valence-electron chi connectivity index (χ3n) is 1.04. The number of nitrogens with one attached hydrogen (secondary N) is 2. The van der Waals surface area contributed by atoms with Crippen LogP contribution in [0, 0.1) is 0 Å². The molecular weight excluding hydrogens is 154 g/mol. The Balaban J connectivity index is 3.22. The Hall–Kier alpha value is -1.03. The summed E-state index contributed by atoms with van der Waals surface area (Å²) in [4.78, 5) is 10.8. The summed E-state index contributed by atoms with van der Waals surface area (Å²) < 4.78 is 0. The second-order valence-electron chi connectivity index (χ2n) is 1.68. The Bertz CT molecular complexity index is 282. The number of aromatic amines is 1. The Labute approximate surface area is 62.2 Å². The van der Waals surface area contributed by atoms with Gasteiger partial charge in [-0.05, 0) is 0 Å². The SMILES string of the molecule is CNc1cc(Cl)n[nH]c1=O. The fourth-order valence-corrected chi connectivity index (χ4v) is 0.718. The Morgan fingerprint density at radius 1 is 1.80 bits per heavy atom. The standard InChI is InChI=1S/C5H6ClN3O/c1-7-3-2-4(6)8-9-5(3)10/h2H,1H3,(H,7,8)(H,9,10). The highest BCUT2D eigenvalue weighted by molar-refractivity contribution is 6.29. The van der Waals surface area contributed by atoms with E-state index in [1.807, 2.05) is 0 Å². The van der Waals surface area contributed by atoms with Gasteiger partial charge in [0.15, 0.2) is 5.15 Å². The Morgan fingerprint density at radius 2 is 2.50 bits per heavy atom. The van der Waals surface area contributed by atoms with Crippen molar-refractivity contribution in [3.63, 3.8) is 0 Å². The molecule has 0 unspecified atom stereocenters. The van der Waals surface area contributed by atoms with Crippen molar-refractivity contribution in [3.8, 4) is 0 Å². The van der Waals surface area contributed by atoms with Crippen LogP contribution < -0.4 is 10.9 Å². The van der Waals surface area contributed by atoms with E-state index in [-0.39, 0.29) is 10.7 Å². The minimum Gasteiger partial charge on any atom is -0.384 e. The van der Waals surface area contributed by atoms with E-state index in [4.69, 9.17) is 11.6 Å². The first kappa shape index (κ1) is 7.08. The van der Waals surface area contributed by atoms with Crippen LogP contribution >= 0.6 is 11.6 Å². The van der Waals surface area contributed by atoms with Crippen molar-refractivity contribution in [2.24, 2.45) is 0 Å². The highest BCUT2D eigenvalue weighted by atomic mass is 35.5. The molecule has 0 radical (unpaired) electrons. The van der Waals surface area contributed by atoms with Gasteiger partial charge in [-0.15, -0.1) is 0 Å². The lowest BCUT2D eigenvalue weighted by Gasteiger charge is -1.95. The summed E-state index contributed by atoms with van der Waals surface area (Å²) in [7, 11) is 1.64. The first-order chi connectivity index (χ1) is 4.74. The molecule has 0 aliphatic heterocycles. The van der Waals surface area contributed by atoms with Gasteiger partial charge in [0, 0.05) is 13.1 Å². The molecule has 5 heteroatoms. The second-order valence-corrected chi connectivity index (χ2v) is 2.07. The quantitative estimate of drug-likeness (QED) is 0.626. The molecule has 0 aromatic carbocycles. The first-order valence-corrected chi connectivity index (χ1v) is 3.05. The minimum atomic E-state index is -0.271. The zero-order valence-electron chi connectivity index (χ0n) is 5.31. The molecule has 4 nitrogen and oxygen atoms in total. The van der Waals surface area contributed by atoms with Gasteiger partial charge in [0.2, 0.25) is 0 Å². The fourth-order valence-electron chi connectivity index (χ4n) is 0.567. The van der Waals surface area contributed by atoms with Crippen LogP contribution in [0.4, 0.5) is 5.69 Å². The number of nitrogens with zero attached hydrogens (tertiary/aromatic N) is 1. The predicted octanol–water partition coefficient (Wildman–Crippen LogP) is 0.465. The number of hydrogen-bond donors (Lipinski definition) is 2. The van der Waals surface area contributed by atoms with E-state index in [9.17, 15) is 4.79 Å². The zero-order valence-corrected chi connectivity index (χ0v) is 6.07. The van der Waals surface area contributed by atoms with Gasteiger partial charge in [0.25, 0.3) is 5.56 Å². The van der Waals surface area contributed by atoms with Crippen LogP contribution in [0.1, 0.15) is 0 Å². The number of hydrogen-bond acceptors (Lipinski definition) is 3. The lowest BCUT2D eigenvalue weighted by molar-refractivity contribution is 0.990. The van der Waals surface area contributed by atoms with Crippen LogP contribution in [0.3, 0.4) is 0 Å². The number of aromatic nitrogens is 2. The Kier molecular flexibility index (Phi) is 1.91. The molecule has 54 valence electrons. The highest BCUT2D eigenvalue weighted by Gasteiger charge is 1.96. The van der Waals surface area contributed by atoms with E-state index in [0.717, 1.165) is 0 Å². The monoisotopic (exact) mass is 159 g/mol. The largest absolute Gasteiger partial charge is 0.384 e. The van der Waals surface area contributed by atoms with Crippen LogP contribution in [0.2, 0.25) is 5.15 Å². The van der Waals surface area contributed by atoms with Crippen molar-refractivity contribution in [2.75, 3.05) is 12.4 Å². The van der Waals surface area contributed by atoms with Gasteiger partial charge in [-0.3, -0.25) is 4.79 Å². The topological polar surface area (TPSA) is 57.8 Å². The second kappa shape index (κ2) is 2.70. The molecular formula is C5H6ClN3O. The molecule has 0 fully saturated rings. The molecule has 0 bridgehead atoms. The maximum atomic E-state index is 10.8. The van der Waals surface area contributed by atoms with Gasteiger partial charge in [-0.2, -0.15) is 5.10 Å². The van der Waals surface area contributed by atoms with Gasteiger partial charge in [-0.25, -0.2) is 5.10 Å². The number of anilines is 1.